The lowest BCUT2D eigenvalue weighted by Gasteiger charge is -2.12. The Morgan fingerprint density at radius 3 is 2.56 bits per heavy atom. The number of thioether (sulfide) groups is 1. The van der Waals surface area contributed by atoms with Crippen LogP contribution >= 0.6 is 24.0 Å². The molecule has 6 nitrogen and oxygen atoms in total. The first kappa shape index (κ1) is 17.0. The number of benzene rings is 2. The molecule has 1 aliphatic heterocycles. The Hall–Kier alpha value is -2.84. The largest absolute Gasteiger partial charge is 0.273 e. The van der Waals surface area contributed by atoms with E-state index in [0.29, 0.717) is 11.1 Å². The van der Waals surface area contributed by atoms with E-state index in [2.05, 4.69) is 0 Å². The number of hydrogen-bond donors (Lipinski definition) is 0. The lowest BCUT2D eigenvalue weighted by atomic mass is 10.1. The maximum Gasteiger partial charge on any atom is 0.273 e. The van der Waals surface area contributed by atoms with E-state index in [1.165, 1.54) is 24.3 Å². The number of rotatable bonds is 3. The van der Waals surface area contributed by atoms with Crippen molar-refractivity contribution < 1.29 is 14.5 Å². The predicted octanol–water partition coefficient (Wildman–Crippen LogP) is 3.64. The van der Waals surface area contributed by atoms with E-state index >= 15 is 0 Å². The molecule has 0 aliphatic carbocycles. The summed E-state index contributed by atoms with van der Waals surface area (Å²) >= 11 is 6.14. The fraction of sp³-hybridized carbons (Fsp3) is 0. The number of hydrogen-bond acceptors (Lipinski definition) is 6. The van der Waals surface area contributed by atoms with Gasteiger partial charge in [0.15, 0.2) is 4.32 Å². The van der Waals surface area contributed by atoms with Crippen LogP contribution in [0.2, 0.25) is 0 Å². The Bertz CT molecular complexity index is 925. The summed E-state index contributed by atoms with van der Waals surface area (Å²) in [4.78, 5) is 36.6. The molecule has 1 heterocycles. The highest BCUT2D eigenvalue weighted by atomic mass is 32.2. The minimum atomic E-state index is -0.532. The highest BCUT2D eigenvalue weighted by Gasteiger charge is 2.37. The first-order valence-electron chi connectivity index (χ1n) is 7.09. The molecule has 0 unspecified atom stereocenters. The van der Waals surface area contributed by atoms with Crippen molar-refractivity contribution in [2.75, 3.05) is 0 Å². The summed E-state index contributed by atoms with van der Waals surface area (Å²) in [6.07, 6.45) is 1.49. The van der Waals surface area contributed by atoms with Gasteiger partial charge in [-0.25, -0.2) is 4.90 Å². The molecule has 1 saturated heterocycles. The normalized spacial score (nSPS) is 15.7. The molecule has 25 heavy (non-hydrogen) atoms. The second-order valence-corrected chi connectivity index (χ2v) is 6.72. The number of carbonyl (C=O) groups is 2. The molecule has 0 atom stereocenters. The van der Waals surface area contributed by atoms with Crippen molar-refractivity contribution in [2.24, 2.45) is 0 Å². The summed E-state index contributed by atoms with van der Waals surface area (Å²) in [6.45, 7) is 0. The zero-order valence-corrected chi connectivity index (χ0v) is 14.3. The van der Waals surface area contributed by atoms with Crippen molar-refractivity contribution in [3.05, 3.63) is 80.7 Å². The summed E-state index contributed by atoms with van der Waals surface area (Å²) in [7, 11) is 0. The van der Waals surface area contributed by atoms with Crippen molar-refractivity contribution >= 4 is 51.9 Å². The van der Waals surface area contributed by atoms with Crippen molar-refractivity contribution in [3.63, 3.8) is 0 Å². The Kier molecular flexibility index (Phi) is 4.73. The van der Waals surface area contributed by atoms with Crippen LogP contribution in [0.5, 0.6) is 0 Å². The first-order valence-corrected chi connectivity index (χ1v) is 8.31. The molecule has 3 rings (SSSR count). The number of thiocarbonyl (C=S) groups is 1. The van der Waals surface area contributed by atoms with Gasteiger partial charge >= 0.3 is 0 Å². The minimum Gasteiger partial charge on any atom is -0.268 e. The third-order valence-electron chi connectivity index (χ3n) is 3.40. The Labute approximate surface area is 152 Å². The topological polar surface area (TPSA) is 80.5 Å². The third-order valence-corrected chi connectivity index (χ3v) is 4.70. The molecule has 0 bridgehead atoms. The summed E-state index contributed by atoms with van der Waals surface area (Å²) < 4.78 is 0.135. The number of imide groups is 1. The summed E-state index contributed by atoms with van der Waals surface area (Å²) in [5, 5.41) is 10.8. The zero-order valence-electron chi connectivity index (χ0n) is 12.6. The number of nitro groups is 1. The lowest BCUT2D eigenvalue weighted by Crippen LogP contribution is -2.34. The van der Waals surface area contributed by atoms with E-state index in [-0.39, 0.29) is 14.9 Å². The van der Waals surface area contributed by atoms with Crippen molar-refractivity contribution in [2.45, 2.75) is 0 Å². The highest BCUT2D eigenvalue weighted by Crippen LogP contribution is 2.34. The number of nitro benzene ring substituents is 1. The van der Waals surface area contributed by atoms with Crippen molar-refractivity contribution in [1.29, 1.82) is 0 Å². The molecular formula is C17H10N2O4S2. The second-order valence-electron chi connectivity index (χ2n) is 5.04. The van der Waals surface area contributed by atoms with Crippen LogP contribution in [0, 0.1) is 10.1 Å². The molecule has 2 aromatic rings. The molecule has 0 aromatic heterocycles. The van der Waals surface area contributed by atoms with Crippen molar-refractivity contribution in [1.82, 2.24) is 4.90 Å². The predicted molar refractivity (Wildman–Crippen MR) is 98.9 cm³/mol. The van der Waals surface area contributed by atoms with Gasteiger partial charge in [0.2, 0.25) is 0 Å². The van der Waals surface area contributed by atoms with E-state index in [1.54, 1.807) is 36.4 Å². The molecule has 8 heteroatoms. The number of non-ortho nitro benzene ring substituents is 1. The lowest BCUT2D eigenvalue weighted by molar-refractivity contribution is -0.384. The summed E-state index contributed by atoms with van der Waals surface area (Å²) in [5.41, 5.74) is 0.766. The van der Waals surface area contributed by atoms with Gasteiger partial charge in [0, 0.05) is 17.7 Å². The van der Waals surface area contributed by atoms with Crippen LogP contribution in [-0.4, -0.2) is 26.0 Å². The minimum absolute atomic E-state index is 0.0791. The maximum atomic E-state index is 12.5. The van der Waals surface area contributed by atoms with E-state index in [4.69, 9.17) is 12.2 Å². The van der Waals surface area contributed by atoms with Gasteiger partial charge in [-0.15, -0.1) is 0 Å². The quantitative estimate of drug-likeness (QED) is 0.270. The van der Waals surface area contributed by atoms with E-state index in [1.807, 2.05) is 0 Å². The standard InChI is InChI=1S/C17H10N2O4S2/c20-15(12-6-2-1-3-7-12)18-16(21)14(25-17(18)24)10-11-5-4-8-13(9-11)19(22)23/h1-10H. The van der Waals surface area contributed by atoms with Gasteiger partial charge < -0.3 is 0 Å². The van der Waals surface area contributed by atoms with Crippen LogP contribution < -0.4 is 0 Å². The molecule has 0 saturated carbocycles. The van der Waals surface area contributed by atoms with Gasteiger partial charge in [-0.05, 0) is 23.8 Å². The molecular weight excluding hydrogens is 360 g/mol. The van der Waals surface area contributed by atoms with E-state index < -0.39 is 16.7 Å². The Balaban J connectivity index is 1.90. The van der Waals surface area contributed by atoms with E-state index in [0.717, 1.165) is 16.7 Å². The van der Waals surface area contributed by atoms with Crippen LogP contribution in [0.1, 0.15) is 15.9 Å². The van der Waals surface area contributed by atoms with E-state index in [9.17, 15) is 19.7 Å². The Morgan fingerprint density at radius 1 is 1.16 bits per heavy atom. The van der Waals surface area contributed by atoms with Gasteiger partial charge in [0.1, 0.15) is 0 Å². The van der Waals surface area contributed by atoms with Crippen LogP contribution in [0.4, 0.5) is 5.69 Å². The average Bonchev–Trinajstić information content (AvgIpc) is 2.89. The molecule has 0 N–H and O–H groups in total. The fourth-order valence-electron chi connectivity index (χ4n) is 2.23. The number of carbonyl (C=O) groups excluding carboxylic acids is 2. The highest BCUT2D eigenvalue weighted by molar-refractivity contribution is 8.26. The fourth-order valence-corrected chi connectivity index (χ4v) is 3.49. The molecule has 0 spiro atoms. The van der Waals surface area contributed by atoms with Gasteiger partial charge in [-0.3, -0.25) is 19.7 Å². The SMILES string of the molecule is O=C1C(=Cc2cccc([N+](=O)[O-])c2)SC(=S)N1C(=O)c1ccccc1. The monoisotopic (exact) mass is 370 g/mol. The van der Waals surface area contributed by atoms with Crippen molar-refractivity contribution in [3.8, 4) is 0 Å². The van der Waals surface area contributed by atoms with Gasteiger partial charge in [-0.2, -0.15) is 0 Å². The van der Waals surface area contributed by atoms with Crippen LogP contribution in [0.15, 0.2) is 59.5 Å². The average molecular weight is 370 g/mol. The van der Waals surface area contributed by atoms with Gasteiger partial charge in [0.25, 0.3) is 17.5 Å². The number of amides is 2. The molecule has 1 fully saturated rings. The van der Waals surface area contributed by atoms with Crippen LogP contribution in [0.3, 0.4) is 0 Å². The smallest absolute Gasteiger partial charge is 0.268 e. The van der Waals surface area contributed by atoms with Crippen LogP contribution in [0.25, 0.3) is 6.08 Å². The molecule has 2 amide bonds. The molecule has 124 valence electrons. The maximum absolute atomic E-state index is 12.5. The third kappa shape index (κ3) is 3.49. The van der Waals surface area contributed by atoms with Crippen LogP contribution in [-0.2, 0) is 4.79 Å². The molecule has 1 aliphatic rings. The number of nitrogens with zero attached hydrogens (tertiary/aromatic N) is 2. The summed E-state index contributed by atoms with van der Waals surface area (Å²) in [6, 6.07) is 14.2. The summed E-state index contributed by atoms with van der Waals surface area (Å²) in [5.74, 6) is -1.03. The first-order chi connectivity index (χ1) is 12.0. The van der Waals surface area contributed by atoms with Gasteiger partial charge in [0.05, 0.1) is 9.83 Å². The Morgan fingerprint density at radius 2 is 1.88 bits per heavy atom. The molecule has 2 aromatic carbocycles. The second kappa shape index (κ2) is 6.96. The zero-order chi connectivity index (χ0) is 18.0. The molecule has 0 radical (unpaired) electrons. The van der Waals surface area contributed by atoms with Gasteiger partial charge in [-0.1, -0.05) is 54.3 Å².